The predicted molar refractivity (Wildman–Crippen MR) is 194 cm³/mol. The molecule has 1 nitrogen and oxygen atoms in total. The Labute approximate surface area is 268 Å². The van der Waals surface area contributed by atoms with Crippen LogP contribution in [0.3, 0.4) is 0 Å². The molecule has 0 bridgehead atoms. The summed E-state index contributed by atoms with van der Waals surface area (Å²) < 4.78 is 2.49. The van der Waals surface area contributed by atoms with E-state index in [0.29, 0.717) is 0 Å². The first-order chi connectivity index (χ1) is 22.2. The molecule has 45 heavy (non-hydrogen) atoms. The van der Waals surface area contributed by atoms with Gasteiger partial charge in [-0.25, -0.2) is 0 Å². The number of rotatable bonds is 4. The molecule has 3 aliphatic rings. The Morgan fingerprint density at radius 2 is 1.31 bits per heavy atom. The largest absolute Gasteiger partial charge is 0.309 e. The van der Waals surface area contributed by atoms with Gasteiger partial charge in [-0.05, 0) is 114 Å². The van der Waals surface area contributed by atoms with Gasteiger partial charge in [0.15, 0.2) is 0 Å². The van der Waals surface area contributed by atoms with E-state index in [1.807, 2.05) is 11.8 Å². The summed E-state index contributed by atoms with van der Waals surface area (Å²) in [7, 11) is 0. The van der Waals surface area contributed by atoms with Crippen molar-refractivity contribution in [3.63, 3.8) is 0 Å². The third-order valence-corrected chi connectivity index (χ3v) is 11.1. The van der Waals surface area contributed by atoms with Gasteiger partial charge < -0.3 is 4.57 Å². The first kappa shape index (κ1) is 26.6. The van der Waals surface area contributed by atoms with E-state index in [9.17, 15) is 0 Å². The molecule has 0 saturated heterocycles. The van der Waals surface area contributed by atoms with E-state index in [1.54, 1.807) is 0 Å². The van der Waals surface area contributed by atoms with Gasteiger partial charge in [0.25, 0.3) is 0 Å². The van der Waals surface area contributed by atoms with Gasteiger partial charge in [-0.2, -0.15) is 0 Å². The van der Waals surface area contributed by atoms with Crippen LogP contribution in [-0.4, -0.2) is 9.31 Å². The molecule has 6 aromatic rings. The van der Waals surface area contributed by atoms with E-state index in [4.69, 9.17) is 0 Å². The molecule has 1 aromatic heterocycles. The van der Waals surface area contributed by atoms with Gasteiger partial charge in [-0.15, -0.1) is 11.8 Å². The minimum atomic E-state index is -0.00476. The number of fused-ring (bicyclic) bond motifs is 6. The van der Waals surface area contributed by atoms with Crippen LogP contribution in [0.15, 0.2) is 151 Å². The highest BCUT2D eigenvalue weighted by Gasteiger charge is 2.41. The molecule has 2 heteroatoms. The second-order valence-electron chi connectivity index (χ2n) is 12.6. The van der Waals surface area contributed by atoms with Gasteiger partial charge in [0.2, 0.25) is 0 Å². The Morgan fingerprint density at radius 3 is 2.04 bits per heavy atom. The molecule has 0 N–H and O–H groups in total. The van der Waals surface area contributed by atoms with Gasteiger partial charge in [0.1, 0.15) is 0 Å². The number of allylic oxidation sites excluding steroid dienone is 7. The third-order valence-electron chi connectivity index (χ3n) is 9.71. The predicted octanol–water partition coefficient (Wildman–Crippen LogP) is 11.9. The van der Waals surface area contributed by atoms with E-state index < -0.39 is 0 Å². The highest BCUT2D eigenvalue weighted by molar-refractivity contribution is 8.01. The molecule has 0 fully saturated rings. The van der Waals surface area contributed by atoms with Crippen LogP contribution in [0.4, 0.5) is 0 Å². The minimum absolute atomic E-state index is 0.00476. The molecule has 216 valence electrons. The van der Waals surface area contributed by atoms with E-state index in [0.717, 1.165) is 19.3 Å². The summed E-state index contributed by atoms with van der Waals surface area (Å²) in [5, 5.41) is 2.60. The SMILES string of the molecule is CC12CC=C(c3cc(C4=CCCC=C4)cc(-c4ccccc4)c3)C=C1c1c(cccc1-n1c3ccccc3c3ccccc31)S2. The van der Waals surface area contributed by atoms with Crippen molar-refractivity contribution in [3.05, 3.63) is 162 Å². The monoisotopic (exact) mass is 595 g/mol. The average Bonchev–Trinajstić information content (AvgIpc) is 3.60. The van der Waals surface area contributed by atoms with Crippen LogP contribution in [0.25, 0.3) is 55.3 Å². The summed E-state index contributed by atoms with van der Waals surface area (Å²) in [6.07, 6.45) is 15.2. The number of aromatic nitrogens is 1. The number of benzene rings is 5. The number of nitrogens with zero attached hydrogens (tertiary/aromatic N) is 1. The number of para-hydroxylation sites is 2. The maximum Gasteiger partial charge on any atom is 0.0549 e. The van der Waals surface area contributed by atoms with E-state index >= 15 is 0 Å². The van der Waals surface area contributed by atoms with Crippen LogP contribution < -0.4 is 0 Å². The Morgan fingerprint density at radius 1 is 0.622 bits per heavy atom. The van der Waals surface area contributed by atoms with Crippen molar-refractivity contribution < 1.29 is 0 Å². The number of hydrogen-bond donors (Lipinski definition) is 0. The highest BCUT2D eigenvalue weighted by Crippen LogP contribution is 2.59. The van der Waals surface area contributed by atoms with Gasteiger partial charge in [0, 0.05) is 26.0 Å². The lowest BCUT2D eigenvalue weighted by Crippen LogP contribution is -2.20. The van der Waals surface area contributed by atoms with Crippen LogP contribution in [0.2, 0.25) is 0 Å². The molecule has 0 radical (unpaired) electrons. The van der Waals surface area contributed by atoms with Crippen molar-refractivity contribution in [2.75, 3.05) is 0 Å². The maximum absolute atomic E-state index is 2.50. The smallest absolute Gasteiger partial charge is 0.0549 e. The van der Waals surface area contributed by atoms with Crippen LogP contribution in [0.1, 0.15) is 42.9 Å². The Balaban J connectivity index is 1.24. The zero-order valence-corrected chi connectivity index (χ0v) is 26.1. The fourth-order valence-electron chi connectivity index (χ4n) is 7.49. The summed E-state index contributed by atoms with van der Waals surface area (Å²) in [5.74, 6) is 0. The summed E-state index contributed by atoms with van der Waals surface area (Å²) in [4.78, 5) is 1.37. The Bertz CT molecular complexity index is 2220. The Hall–Kier alpha value is -4.79. The second kappa shape index (κ2) is 10.4. The van der Waals surface area contributed by atoms with Crippen molar-refractivity contribution in [2.24, 2.45) is 0 Å². The number of hydrogen-bond acceptors (Lipinski definition) is 1. The van der Waals surface area contributed by atoms with E-state index in [1.165, 1.54) is 76.9 Å². The second-order valence-corrected chi connectivity index (χ2v) is 14.1. The lowest BCUT2D eigenvalue weighted by atomic mass is 9.82. The Kier molecular flexibility index (Phi) is 6.14. The van der Waals surface area contributed by atoms with Crippen molar-refractivity contribution in [1.29, 1.82) is 0 Å². The van der Waals surface area contributed by atoms with Crippen molar-refractivity contribution in [1.82, 2.24) is 4.57 Å². The molecule has 1 aliphatic heterocycles. The van der Waals surface area contributed by atoms with Crippen LogP contribution in [0.5, 0.6) is 0 Å². The molecule has 1 atom stereocenters. The zero-order valence-electron chi connectivity index (χ0n) is 25.3. The molecule has 0 spiro atoms. The van der Waals surface area contributed by atoms with Gasteiger partial charge >= 0.3 is 0 Å². The van der Waals surface area contributed by atoms with Crippen LogP contribution in [0, 0.1) is 0 Å². The summed E-state index contributed by atoms with van der Waals surface area (Å²) in [5.41, 5.74) is 14.3. The van der Waals surface area contributed by atoms with Crippen molar-refractivity contribution in [2.45, 2.75) is 35.8 Å². The van der Waals surface area contributed by atoms with Gasteiger partial charge in [-0.1, -0.05) is 97.1 Å². The molecule has 9 rings (SSSR count). The molecule has 2 heterocycles. The summed E-state index contributed by atoms with van der Waals surface area (Å²) >= 11 is 2.02. The van der Waals surface area contributed by atoms with E-state index in [-0.39, 0.29) is 4.75 Å². The van der Waals surface area contributed by atoms with Crippen LogP contribution >= 0.6 is 11.8 Å². The molecular formula is C43H33NS. The fraction of sp³-hybridized carbons (Fsp3) is 0.116. The van der Waals surface area contributed by atoms with Gasteiger partial charge in [0.05, 0.1) is 16.7 Å². The standard InChI is InChI=1S/C43H33NS/c1-43-24-23-31(34-26-32(29-13-4-2-5-14-29)25-33(27-34)30-15-6-3-7-16-30)28-37(43)42-40(21-12-22-41(42)45-43)44-38-19-10-8-17-35(38)36-18-9-11-20-39(36)44/h2,4-6,8-23,25-28H,3,7,24H2,1H3. The molecule has 1 unspecified atom stereocenters. The quantitative estimate of drug-likeness (QED) is 0.196. The summed E-state index contributed by atoms with van der Waals surface area (Å²) in [6, 6.07) is 42.5. The first-order valence-electron chi connectivity index (χ1n) is 16.0. The normalized spacial score (nSPS) is 18.8. The first-order valence-corrected chi connectivity index (χ1v) is 16.8. The highest BCUT2D eigenvalue weighted by atomic mass is 32.2. The van der Waals surface area contributed by atoms with Gasteiger partial charge in [-0.3, -0.25) is 0 Å². The lowest BCUT2D eigenvalue weighted by Gasteiger charge is -2.29. The fourth-order valence-corrected chi connectivity index (χ4v) is 8.87. The minimum Gasteiger partial charge on any atom is -0.309 e. The maximum atomic E-state index is 2.50. The zero-order chi connectivity index (χ0) is 30.0. The lowest BCUT2D eigenvalue weighted by molar-refractivity contribution is 0.830. The van der Waals surface area contributed by atoms with Crippen molar-refractivity contribution >= 4 is 50.3 Å². The van der Waals surface area contributed by atoms with Crippen LogP contribution in [-0.2, 0) is 0 Å². The molecule has 2 aliphatic carbocycles. The number of thioether (sulfide) groups is 1. The van der Waals surface area contributed by atoms with Crippen molar-refractivity contribution in [3.8, 4) is 16.8 Å². The molecule has 0 saturated carbocycles. The third kappa shape index (κ3) is 4.31. The molecular weight excluding hydrogens is 563 g/mol. The molecule has 0 amide bonds. The topological polar surface area (TPSA) is 4.93 Å². The van der Waals surface area contributed by atoms with E-state index in [2.05, 4.69) is 157 Å². The molecule has 5 aromatic carbocycles. The average molecular weight is 596 g/mol. The summed E-state index contributed by atoms with van der Waals surface area (Å²) in [6.45, 7) is 2.43.